The molecule has 1 aromatic heterocycles. The molecule has 1 aliphatic rings. The Balaban J connectivity index is 1.77. The maximum absolute atomic E-state index is 13.2. The fourth-order valence-electron chi connectivity index (χ4n) is 2.90. The summed E-state index contributed by atoms with van der Waals surface area (Å²) < 4.78 is 18.9. The largest absolute Gasteiger partial charge is 0.377 e. The highest BCUT2D eigenvalue weighted by Gasteiger charge is 2.24. The number of aryl methyl sites for hydroxylation is 1. The molecule has 0 radical (unpaired) electrons. The zero-order valence-electron chi connectivity index (χ0n) is 14.1. The van der Waals surface area contributed by atoms with Gasteiger partial charge < -0.3 is 9.64 Å². The van der Waals surface area contributed by atoms with Gasteiger partial charge in [-0.05, 0) is 44.0 Å². The molecule has 0 spiro atoms. The van der Waals surface area contributed by atoms with Gasteiger partial charge in [-0.1, -0.05) is 18.2 Å². The number of hydrogen-bond donors (Lipinski definition) is 0. The normalized spacial score (nSPS) is 17.8. The van der Waals surface area contributed by atoms with E-state index in [2.05, 4.69) is 14.9 Å². The predicted octanol–water partition coefficient (Wildman–Crippen LogP) is 3.71. The van der Waals surface area contributed by atoms with Crippen molar-refractivity contribution in [3.8, 4) is 0 Å². The molecule has 1 aliphatic heterocycles. The second-order valence-electron chi connectivity index (χ2n) is 5.93. The van der Waals surface area contributed by atoms with Crippen molar-refractivity contribution in [3.63, 3.8) is 0 Å². The first-order valence-electron chi connectivity index (χ1n) is 8.30. The van der Waals surface area contributed by atoms with E-state index < -0.39 is 0 Å². The molecule has 126 valence electrons. The number of halogens is 1. The molecular weight excluding hydrogens is 305 g/mol. The van der Waals surface area contributed by atoms with Gasteiger partial charge in [-0.3, -0.25) is 0 Å². The van der Waals surface area contributed by atoms with Gasteiger partial charge in [0.25, 0.3) is 0 Å². The minimum Gasteiger partial charge on any atom is -0.377 e. The minimum atomic E-state index is -0.248. The third-order valence-electron chi connectivity index (χ3n) is 4.00. The fraction of sp³-hybridized carbons (Fsp3) is 0.368. The quantitative estimate of drug-likeness (QED) is 0.839. The van der Waals surface area contributed by atoms with Gasteiger partial charge in [0.15, 0.2) is 5.82 Å². The van der Waals surface area contributed by atoms with Gasteiger partial charge in [0.1, 0.15) is 11.6 Å². The summed E-state index contributed by atoms with van der Waals surface area (Å²) in [4.78, 5) is 11.3. The van der Waals surface area contributed by atoms with Crippen molar-refractivity contribution in [1.82, 2.24) is 9.97 Å². The predicted molar refractivity (Wildman–Crippen MR) is 94.3 cm³/mol. The Hall–Kier alpha value is -2.27. The van der Waals surface area contributed by atoms with Crippen LogP contribution in [-0.4, -0.2) is 35.8 Å². The van der Waals surface area contributed by atoms with Crippen LogP contribution in [0.25, 0.3) is 12.2 Å². The SMILES string of the molecule is CCO[C@H]1CCN(c2cc(C)nc(C=Cc3cccc(F)c3)n2)C1. The third kappa shape index (κ3) is 4.17. The van der Waals surface area contributed by atoms with Crippen LogP contribution < -0.4 is 4.90 Å². The highest BCUT2D eigenvalue weighted by Crippen LogP contribution is 2.21. The second-order valence-corrected chi connectivity index (χ2v) is 5.93. The van der Waals surface area contributed by atoms with Crippen molar-refractivity contribution >= 4 is 18.0 Å². The number of benzene rings is 1. The summed E-state index contributed by atoms with van der Waals surface area (Å²) in [5.41, 5.74) is 1.71. The molecule has 2 heterocycles. The van der Waals surface area contributed by atoms with Crippen molar-refractivity contribution < 1.29 is 9.13 Å². The molecule has 0 aliphatic carbocycles. The second kappa shape index (κ2) is 7.53. The number of nitrogens with zero attached hydrogens (tertiary/aromatic N) is 3. The third-order valence-corrected chi connectivity index (χ3v) is 4.00. The lowest BCUT2D eigenvalue weighted by molar-refractivity contribution is 0.0787. The molecular formula is C19H22FN3O. The van der Waals surface area contributed by atoms with E-state index in [1.807, 2.05) is 38.1 Å². The Morgan fingerprint density at radius 3 is 2.96 bits per heavy atom. The molecule has 0 N–H and O–H groups in total. The van der Waals surface area contributed by atoms with Crippen molar-refractivity contribution in [2.75, 3.05) is 24.6 Å². The first-order valence-corrected chi connectivity index (χ1v) is 8.30. The Kier molecular flexibility index (Phi) is 5.20. The van der Waals surface area contributed by atoms with Gasteiger partial charge in [0.05, 0.1) is 6.10 Å². The van der Waals surface area contributed by atoms with Crippen LogP contribution in [0.1, 0.15) is 30.4 Å². The molecule has 2 aromatic rings. The van der Waals surface area contributed by atoms with Crippen molar-refractivity contribution in [3.05, 3.63) is 53.2 Å². The Bertz CT molecular complexity index is 732. The van der Waals surface area contributed by atoms with Gasteiger partial charge in [0.2, 0.25) is 0 Å². The summed E-state index contributed by atoms with van der Waals surface area (Å²) in [5, 5.41) is 0. The number of ether oxygens (including phenoxy) is 1. The molecule has 5 heteroatoms. The zero-order chi connectivity index (χ0) is 16.9. The highest BCUT2D eigenvalue weighted by molar-refractivity contribution is 5.67. The highest BCUT2D eigenvalue weighted by atomic mass is 19.1. The molecule has 0 saturated carbocycles. The van der Waals surface area contributed by atoms with E-state index in [-0.39, 0.29) is 11.9 Å². The van der Waals surface area contributed by atoms with Crippen LogP contribution in [0, 0.1) is 12.7 Å². The number of hydrogen-bond acceptors (Lipinski definition) is 4. The fourth-order valence-corrected chi connectivity index (χ4v) is 2.90. The summed E-state index contributed by atoms with van der Waals surface area (Å²) in [7, 11) is 0. The lowest BCUT2D eigenvalue weighted by Crippen LogP contribution is -2.24. The van der Waals surface area contributed by atoms with Crippen molar-refractivity contribution in [1.29, 1.82) is 0 Å². The average molecular weight is 327 g/mol. The van der Waals surface area contributed by atoms with Crippen LogP contribution in [-0.2, 0) is 4.74 Å². The molecule has 1 fully saturated rings. The molecule has 1 saturated heterocycles. The number of anilines is 1. The van der Waals surface area contributed by atoms with E-state index in [0.29, 0.717) is 5.82 Å². The van der Waals surface area contributed by atoms with Crippen molar-refractivity contribution in [2.45, 2.75) is 26.4 Å². The average Bonchev–Trinajstić information content (AvgIpc) is 3.02. The van der Waals surface area contributed by atoms with E-state index in [9.17, 15) is 4.39 Å². The van der Waals surface area contributed by atoms with Crippen molar-refractivity contribution in [2.24, 2.45) is 0 Å². The molecule has 3 rings (SSSR count). The number of aromatic nitrogens is 2. The van der Waals surface area contributed by atoms with Gasteiger partial charge in [0, 0.05) is 31.5 Å². The topological polar surface area (TPSA) is 38.2 Å². The van der Waals surface area contributed by atoms with Gasteiger partial charge in [-0.2, -0.15) is 0 Å². The van der Waals surface area contributed by atoms with E-state index in [4.69, 9.17) is 4.74 Å². The number of rotatable bonds is 5. The standard InChI is InChI=1S/C19H22FN3O/c1-3-24-17-9-10-23(13-17)19-11-14(2)21-18(22-19)8-7-15-5-4-6-16(20)12-15/h4-8,11-12,17H,3,9-10,13H2,1-2H3/t17-/m0/s1. The van der Waals surface area contributed by atoms with E-state index in [1.165, 1.54) is 12.1 Å². The Morgan fingerprint density at radius 1 is 1.29 bits per heavy atom. The maximum atomic E-state index is 13.2. The first-order chi connectivity index (χ1) is 11.6. The molecule has 4 nitrogen and oxygen atoms in total. The van der Waals surface area contributed by atoms with Gasteiger partial charge >= 0.3 is 0 Å². The van der Waals surface area contributed by atoms with E-state index >= 15 is 0 Å². The van der Waals surface area contributed by atoms with Crippen LogP contribution in [0.4, 0.5) is 10.2 Å². The molecule has 24 heavy (non-hydrogen) atoms. The Morgan fingerprint density at radius 2 is 2.17 bits per heavy atom. The molecule has 0 amide bonds. The summed E-state index contributed by atoms with van der Waals surface area (Å²) >= 11 is 0. The molecule has 0 bridgehead atoms. The first kappa shape index (κ1) is 16.6. The minimum absolute atomic E-state index is 0.248. The van der Waals surface area contributed by atoms with Crippen LogP contribution >= 0.6 is 0 Å². The van der Waals surface area contributed by atoms with Crippen LogP contribution in [0.15, 0.2) is 30.3 Å². The molecule has 1 aromatic carbocycles. The smallest absolute Gasteiger partial charge is 0.154 e. The molecule has 0 unspecified atom stereocenters. The zero-order valence-corrected chi connectivity index (χ0v) is 14.1. The van der Waals surface area contributed by atoms with Gasteiger partial charge in [-0.15, -0.1) is 0 Å². The van der Waals surface area contributed by atoms with Crippen LogP contribution in [0.3, 0.4) is 0 Å². The summed E-state index contributed by atoms with van der Waals surface area (Å²) in [6.07, 6.45) is 4.94. The summed E-state index contributed by atoms with van der Waals surface area (Å²) in [6, 6.07) is 8.45. The van der Waals surface area contributed by atoms with E-state index in [0.717, 1.165) is 43.2 Å². The summed E-state index contributed by atoms with van der Waals surface area (Å²) in [6.45, 7) is 6.52. The Labute approximate surface area is 142 Å². The van der Waals surface area contributed by atoms with Crippen LogP contribution in [0.5, 0.6) is 0 Å². The molecule has 1 atom stereocenters. The van der Waals surface area contributed by atoms with Crippen LogP contribution in [0.2, 0.25) is 0 Å². The lowest BCUT2D eigenvalue weighted by Gasteiger charge is -2.18. The summed E-state index contributed by atoms with van der Waals surface area (Å²) in [5.74, 6) is 1.31. The lowest BCUT2D eigenvalue weighted by atomic mass is 10.2. The van der Waals surface area contributed by atoms with Gasteiger partial charge in [-0.25, -0.2) is 14.4 Å². The monoisotopic (exact) mass is 327 g/mol. The maximum Gasteiger partial charge on any atom is 0.154 e. The van der Waals surface area contributed by atoms with E-state index in [1.54, 1.807) is 6.07 Å².